The molecule has 0 aliphatic carbocycles. The standard InChI is InChI=1S/C10H10ClF2NO2/c1-16-10(15)7(14)4-5-2-3-6(12)8(11)9(5)13/h2-3,7H,4,14H2,1H3/t7-/m0/s1. The number of nitrogens with two attached hydrogens (primary N) is 1. The molecule has 88 valence electrons. The minimum absolute atomic E-state index is 0.0734. The molecule has 0 aliphatic rings. The molecule has 0 aliphatic heterocycles. The lowest BCUT2D eigenvalue weighted by Gasteiger charge is -2.10. The number of ether oxygens (including phenoxy) is 1. The van der Waals surface area contributed by atoms with Crippen LogP contribution in [0.5, 0.6) is 0 Å². The van der Waals surface area contributed by atoms with Gasteiger partial charge in [0.1, 0.15) is 22.7 Å². The molecule has 0 aromatic heterocycles. The molecule has 0 amide bonds. The van der Waals surface area contributed by atoms with Gasteiger partial charge in [0, 0.05) is 6.42 Å². The minimum atomic E-state index is -0.999. The summed E-state index contributed by atoms with van der Waals surface area (Å²) in [6.07, 6.45) is -0.0987. The van der Waals surface area contributed by atoms with Crippen molar-refractivity contribution in [3.05, 3.63) is 34.4 Å². The van der Waals surface area contributed by atoms with Crippen LogP contribution < -0.4 is 5.73 Å². The van der Waals surface area contributed by atoms with E-state index in [-0.39, 0.29) is 12.0 Å². The molecule has 0 unspecified atom stereocenters. The van der Waals surface area contributed by atoms with Crippen LogP contribution in [0.2, 0.25) is 5.02 Å². The third-order valence-corrected chi connectivity index (χ3v) is 2.41. The Morgan fingerprint density at radius 3 is 2.75 bits per heavy atom. The maximum Gasteiger partial charge on any atom is 0.322 e. The lowest BCUT2D eigenvalue weighted by atomic mass is 10.1. The quantitative estimate of drug-likeness (QED) is 0.655. The van der Waals surface area contributed by atoms with E-state index < -0.39 is 28.7 Å². The largest absolute Gasteiger partial charge is 0.468 e. The van der Waals surface area contributed by atoms with Crippen LogP contribution in [0, 0.1) is 11.6 Å². The van der Waals surface area contributed by atoms with Gasteiger partial charge in [0.25, 0.3) is 0 Å². The zero-order valence-electron chi connectivity index (χ0n) is 8.47. The highest BCUT2D eigenvalue weighted by Gasteiger charge is 2.18. The summed E-state index contributed by atoms with van der Waals surface area (Å²) in [5.74, 6) is -2.42. The Balaban J connectivity index is 2.90. The van der Waals surface area contributed by atoms with Gasteiger partial charge in [-0.3, -0.25) is 4.79 Å². The zero-order valence-corrected chi connectivity index (χ0v) is 9.22. The highest BCUT2D eigenvalue weighted by Crippen LogP contribution is 2.22. The fourth-order valence-corrected chi connectivity index (χ4v) is 1.38. The summed E-state index contributed by atoms with van der Waals surface area (Å²) >= 11 is 5.37. The van der Waals surface area contributed by atoms with Gasteiger partial charge in [-0.15, -0.1) is 0 Å². The molecule has 1 atom stereocenters. The summed E-state index contributed by atoms with van der Waals surface area (Å²) in [4.78, 5) is 11.0. The van der Waals surface area contributed by atoms with E-state index in [1.807, 2.05) is 0 Å². The van der Waals surface area contributed by atoms with E-state index in [1.165, 1.54) is 13.2 Å². The molecule has 0 radical (unpaired) electrons. The Labute approximate surface area is 96.1 Å². The number of rotatable bonds is 3. The van der Waals surface area contributed by atoms with E-state index in [0.717, 1.165) is 6.07 Å². The number of hydrogen-bond acceptors (Lipinski definition) is 3. The lowest BCUT2D eigenvalue weighted by molar-refractivity contribution is -0.142. The van der Waals surface area contributed by atoms with Crippen LogP contribution in [-0.2, 0) is 16.0 Å². The third kappa shape index (κ3) is 2.68. The number of benzene rings is 1. The first-order valence-corrected chi connectivity index (χ1v) is 4.81. The monoisotopic (exact) mass is 249 g/mol. The average molecular weight is 250 g/mol. The Bertz CT molecular complexity index is 412. The first-order valence-electron chi connectivity index (χ1n) is 4.43. The molecule has 16 heavy (non-hydrogen) atoms. The lowest BCUT2D eigenvalue weighted by Crippen LogP contribution is -2.33. The van der Waals surface area contributed by atoms with E-state index in [4.69, 9.17) is 17.3 Å². The molecule has 0 saturated carbocycles. The fraction of sp³-hybridized carbons (Fsp3) is 0.300. The van der Waals surface area contributed by atoms with Crippen molar-refractivity contribution < 1.29 is 18.3 Å². The summed E-state index contributed by atoms with van der Waals surface area (Å²) < 4.78 is 30.6. The van der Waals surface area contributed by atoms with Crippen molar-refractivity contribution in [2.75, 3.05) is 7.11 Å². The SMILES string of the molecule is COC(=O)[C@@H](N)Cc1ccc(F)c(Cl)c1F. The Hall–Kier alpha value is -1.20. The molecule has 0 saturated heterocycles. The Kier molecular flexibility index (Phi) is 4.20. The van der Waals surface area contributed by atoms with Crippen molar-refractivity contribution in [1.82, 2.24) is 0 Å². The van der Waals surface area contributed by atoms with E-state index in [2.05, 4.69) is 4.74 Å². The summed E-state index contributed by atoms with van der Waals surface area (Å²) in [7, 11) is 1.18. The first kappa shape index (κ1) is 12.9. The molecular formula is C10H10ClF2NO2. The summed E-state index contributed by atoms with van der Waals surface area (Å²) in [6, 6.07) is 1.21. The molecule has 6 heteroatoms. The van der Waals surface area contributed by atoms with Crippen LogP contribution in [-0.4, -0.2) is 19.1 Å². The molecule has 3 nitrogen and oxygen atoms in total. The molecule has 1 aromatic rings. The van der Waals surface area contributed by atoms with Gasteiger partial charge in [-0.05, 0) is 11.6 Å². The zero-order chi connectivity index (χ0) is 12.3. The second-order valence-electron chi connectivity index (χ2n) is 3.17. The van der Waals surface area contributed by atoms with Gasteiger partial charge in [0.05, 0.1) is 7.11 Å². The van der Waals surface area contributed by atoms with Crippen molar-refractivity contribution in [2.24, 2.45) is 5.73 Å². The van der Waals surface area contributed by atoms with Crippen LogP contribution in [0.4, 0.5) is 8.78 Å². The molecule has 1 rings (SSSR count). The molecule has 2 N–H and O–H groups in total. The van der Waals surface area contributed by atoms with E-state index in [1.54, 1.807) is 0 Å². The molecule has 0 spiro atoms. The van der Waals surface area contributed by atoms with Crippen LogP contribution >= 0.6 is 11.6 Å². The van der Waals surface area contributed by atoms with Crippen LogP contribution in [0.1, 0.15) is 5.56 Å². The highest BCUT2D eigenvalue weighted by atomic mass is 35.5. The molecule has 0 bridgehead atoms. The normalized spacial score (nSPS) is 12.3. The second-order valence-corrected chi connectivity index (χ2v) is 3.55. The smallest absolute Gasteiger partial charge is 0.322 e. The van der Waals surface area contributed by atoms with E-state index in [0.29, 0.717) is 0 Å². The van der Waals surface area contributed by atoms with E-state index >= 15 is 0 Å². The predicted molar refractivity (Wildman–Crippen MR) is 55.1 cm³/mol. The second kappa shape index (κ2) is 5.23. The number of carbonyl (C=O) groups is 1. The van der Waals surface area contributed by atoms with Crippen molar-refractivity contribution in [3.8, 4) is 0 Å². The highest BCUT2D eigenvalue weighted by molar-refractivity contribution is 6.30. The van der Waals surface area contributed by atoms with Gasteiger partial charge < -0.3 is 10.5 Å². The van der Waals surface area contributed by atoms with Crippen molar-refractivity contribution in [3.63, 3.8) is 0 Å². The summed E-state index contributed by atoms with van der Waals surface area (Å²) in [5, 5.41) is -0.602. The maximum absolute atomic E-state index is 13.4. The summed E-state index contributed by atoms with van der Waals surface area (Å²) in [6.45, 7) is 0. The van der Waals surface area contributed by atoms with Crippen molar-refractivity contribution >= 4 is 17.6 Å². The summed E-state index contributed by atoms with van der Waals surface area (Å²) in [5.41, 5.74) is 5.51. The third-order valence-electron chi connectivity index (χ3n) is 2.06. The fourth-order valence-electron chi connectivity index (χ4n) is 1.20. The van der Waals surface area contributed by atoms with E-state index in [9.17, 15) is 13.6 Å². The van der Waals surface area contributed by atoms with Crippen LogP contribution in [0.15, 0.2) is 12.1 Å². The van der Waals surface area contributed by atoms with Gasteiger partial charge in [0.15, 0.2) is 0 Å². The van der Waals surface area contributed by atoms with Gasteiger partial charge in [0.2, 0.25) is 0 Å². The molecule has 0 heterocycles. The van der Waals surface area contributed by atoms with Crippen molar-refractivity contribution in [1.29, 1.82) is 0 Å². The Morgan fingerprint density at radius 1 is 1.56 bits per heavy atom. The van der Waals surface area contributed by atoms with Gasteiger partial charge in [-0.25, -0.2) is 8.78 Å². The van der Waals surface area contributed by atoms with Gasteiger partial charge in [-0.2, -0.15) is 0 Å². The number of carbonyl (C=O) groups excluding carboxylic acids is 1. The molecule has 0 fully saturated rings. The first-order chi connectivity index (χ1) is 7.47. The Morgan fingerprint density at radius 2 is 2.19 bits per heavy atom. The van der Waals surface area contributed by atoms with Crippen LogP contribution in [0.3, 0.4) is 0 Å². The number of halogens is 3. The van der Waals surface area contributed by atoms with Gasteiger partial charge in [-0.1, -0.05) is 17.7 Å². The van der Waals surface area contributed by atoms with Crippen molar-refractivity contribution in [2.45, 2.75) is 12.5 Å². The topological polar surface area (TPSA) is 52.3 Å². The average Bonchev–Trinajstić information content (AvgIpc) is 2.28. The number of hydrogen-bond donors (Lipinski definition) is 1. The maximum atomic E-state index is 13.4. The van der Waals surface area contributed by atoms with Crippen LogP contribution in [0.25, 0.3) is 0 Å². The molecular weight excluding hydrogens is 240 g/mol. The minimum Gasteiger partial charge on any atom is -0.468 e. The predicted octanol–water partition coefficient (Wildman–Crippen LogP) is 1.66. The molecule has 1 aromatic carbocycles. The number of methoxy groups -OCH3 is 1. The number of esters is 1. The van der Waals surface area contributed by atoms with Gasteiger partial charge >= 0.3 is 5.97 Å².